The maximum absolute atomic E-state index is 13.1. The Labute approximate surface area is 183 Å². The molecule has 0 radical (unpaired) electrons. The summed E-state index contributed by atoms with van der Waals surface area (Å²) in [4.78, 5) is 17.5. The van der Waals surface area contributed by atoms with E-state index in [-0.39, 0.29) is 18.3 Å². The molecule has 0 bridgehead atoms. The lowest BCUT2D eigenvalue weighted by atomic mass is 10.2. The molecule has 158 valence electrons. The molecule has 9 heteroatoms. The second-order valence-corrected chi connectivity index (χ2v) is 8.47. The van der Waals surface area contributed by atoms with E-state index in [2.05, 4.69) is 19.7 Å². The van der Waals surface area contributed by atoms with Gasteiger partial charge in [-0.25, -0.2) is 4.98 Å². The second-order valence-electron chi connectivity index (χ2n) is 7.53. The van der Waals surface area contributed by atoms with E-state index >= 15 is 0 Å². The number of Topliss-reactive ketones (excluding diaryl/α,β-unsaturated/α-hetero) is 1. The number of ketones is 1. The van der Waals surface area contributed by atoms with Gasteiger partial charge in [-0.3, -0.25) is 9.20 Å². The van der Waals surface area contributed by atoms with Crippen LogP contribution in [0.2, 0.25) is 0 Å². The lowest BCUT2D eigenvalue weighted by molar-refractivity contribution is 0.102. The predicted octanol–water partition coefficient (Wildman–Crippen LogP) is 3.85. The van der Waals surface area contributed by atoms with E-state index in [0.717, 1.165) is 34.2 Å². The van der Waals surface area contributed by atoms with Crippen LogP contribution in [0.15, 0.2) is 35.5 Å². The van der Waals surface area contributed by atoms with Gasteiger partial charge < -0.3 is 14.0 Å². The van der Waals surface area contributed by atoms with Crippen LogP contribution in [0.4, 0.5) is 0 Å². The smallest absolute Gasteiger partial charge is 0.256 e. The molecule has 0 aliphatic carbocycles. The van der Waals surface area contributed by atoms with Crippen molar-refractivity contribution in [2.75, 3.05) is 12.5 Å². The fourth-order valence-electron chi connectivity index (χ4n) is 3.97. The molecule has 0 fully saturated rings. The van der Waals surface area contributed by atoms with Gasteiger partial charge in [0.1, 0.15) is 0 Å². The number of ether oxygens (including phenoxy) is 2. The Kier molecular flexibility index (Phi) is 4.70. The van der Waals surface area contributed by atoms with Crippen molar-refractivity contribution in [2.24, 2.45) is 0 Å². The van der Waals surface area contributed by atoms with Crippen molar-refractivity contribution in [1.29, 1.82) is 0 Å². The maximum Gasteiger partial charge on any atom is 0.256 e. The first-order valence-corrected chi connectivity index (χ1v) is 10.9. The Balaban J connectivity index is 1.40. The average Bonchev–Trinajstić information content (AvgIpc) is 3.43. The average molecular weight is 436 g/mol. The Morgan fingerprint density at radius 1 is 1.03 bits per heavy atom. The molecule has 0 atom stereocenters. The Hall–Kier alpha value is -3.33. The Bertz CT molecular complexity index is 1340. The van der Waals surface area contributed by atoms with Gasteiger partial charge in [-0.2, -0.15) is 0 Å². The van der Waals surface area contributed by atoms with Gasteiger partial charge >= 0.3 is 0 Å². The van der Waals surface area contributed by atoms with Crippen LogP contribution in [0.25, 0.3) is 11.5 Å². The van der Waals surface area contributed by atoms with Crippen molar-refractivity contribution in [3.8, 4) is 17.2 Å². The zero-order valence-electron chi connectivity index (χ0n) is 17.7. The highest BCUT2D eigenvalue weighted by Gasteiger charge is 2.20. The quantitative estimate of drug-likeness (QED) is 0.348. The van der Waals surface area contributed by atoms with Crippen LogP contribution < -0.4 is 9.47 Å². The van der Waals surface area contributed by atoms with Crippen molar-refractivity contribution >= 4 is 23.3 Å². The number of carbonyl (C=O) groups is 1. The highest BCUT2D eigenvalue weighted by molar-refractivity contribution is 7.99. The molecule has 4 aromatic rings. The highest BCUT2D eigenvalue weighted by Crippen LogP contribution is 2.35. The molecule has 1 aliphatic heterocycles. The van der Waals surface area contributed by atoms with Gasteiger partial charge in [0, 0.05) is 40.1 Å². The summed E-state index contributed by atoms with van der Waals surface area (Å²) in [6.07, 6.45) is 0. The molecule has 0 saturated heterocycles. The lowest BCUT2D eigenvalue weighted by Crippen LogP contribution is -2.06. The van der Waals surface area contributed by atoms with Crippen molar-refractivity contribution in [2.45, 2.75) is 32.9 Å². The van der Waals surface area contributed by atoms with Crippen LogP contribution >= 0.6 is 11.8 Å². The molecule has 0 unspecified atom stereocenters. The van der Waals surface area contributed by atoms with Crippen LogP contribution in [0, 0.1) is 27.7 Å². The van der Waals surface area contributed by atoms with Gasteiger partial charge in [0.25, 0.3) is 5.78 Å². The summed E-state index contributed by atoms with van der Waals surface area (Å²) in [5, 5.41) is 9.02. The molecule has 1 aliphatic rings. The van der Waals surface area contributed by atoms with Crippen LogP contribution in [0.5, 0.6) is 11.5 Å². The van der Waals surface area contributed by atoms with Gasteiger partial charge in [-0.05, 0) is 52.0 Å². The summed E-state index contributed by atoms with van der Waals surface area (Å²) >= 11 is 1.37. The number of fused-ring (bicyclic) bond motifs is 2. The van der Waals surface area contributed by atoms with Gasteiger partial charge in [0.05, 0.1) is 5.75 Å². The van der Waals surface area contributed by atoms with Gasteiger partial charge in [-0.1, -0.05) is 11.8 Å². The monoisotopic (exact) mass is 435 g/mol. The maximum atomic E-state index is 13.1. The molecular weight excluding hydrogens is 414 g/mol. The highest BCUT2D eigenvalue weighted by atomic mass is 32.2. The molecule has 5 rings (SSSR count). The summed E-state index contributed by atoms with van der Waals surface area (Å²) in [5.41, 5.74) is 5.38. The van der Waals surface area contributed by atoms with Crippen LogP contribution in [0.1, 0.15) is 33.1 Å². The number of hydrogen-bond donors (Lipinski definition) is 0. The molecule has 0 amide bonds. The fraction of sp³-hybridized carbons (Fsp3) is 0.273. The fourth-order valence-corrected chi connectivity index (χ4v) is 4.84. The number of thioether (sulfide) groups is 1. The number of aryl methyl sites for hydroxylation is 3. The third kappa shape index (κ3) is 3.34. The third-order valence-corrected chi connectivity index (χ3v) is 6.27. The molecule has 8 nitrogen and oxygen atoms in total. The summed E-state index contributed by atoms with van der Waals surface area (Å²) in [6.45, 7) is 8.09. The Morgan fingerprint density at radius 3 is 2.68 bits per heavy atom. The number of carbonyl (C=O) groups excluding carboxylic acids is 1. The van der Waals surface area contributed by atoms with E-state index in [4.69, 9.17) is 9.47 Å². The van der Waals surface area contributed by atoms with E-state index in [9.17, 15) is 4.79 Å². The zero-order valence-corrected chi connectivity index (χ0v) is 18.5. The normalized spacial score (nSPS) is 12.6. The molecule has 1 aromatic carbocycles. The third-order valence-electron chi connectivity index (χ3n) is 5.34. The first kappa shape index (κ1) is 19.6. The minimum atomic E-state index is 0.0413. The van der Waals surface area contributed by atoms with Crippen molar-refractivity contribution in [3.63, 3.8) is 0 Å². The van der Waals surface area contributed by atoms with E-state index in [0.29, 0.717) is 22.2 Å². The minimum absolute atomic E-state index is 0.0413. The lowest BCUT2D eigenvalue weighted by Gasteiger charge is -2.10. The standard InChI is InChI=1S/C22H21N5O3S/c1-12-7-13(2)27-21(23-12)24-25-22(27)31-10-18(28)17-8-14(3)26(15(17)4)16-5-6-19-20(9-16)30-11-29-19/h5-9H,10-11H2,1-4H3. The van der Waals surface area contributed by atoms with Gasteiger partial charge in [-0.15, -0.1) is 10.2 Å². The summed E-state index contributed by atoms with van der Waals surface area (Å²) in [7, 11) is 0. The molecule has 0 N–H and O–H groups in total. The van der Waals surface area contributed by atoms with Crippen LogP contribution in [-0.2, 0) is 0 Å². The summed E-state index contributed by atoms with van der Waals surface area (Å²) in [5.74, 6) is 2.30. The zero-order chi connectivity index (χ0) is 21.7. The minimum Gasteiger partial charge on any atom is -0.454 e. The molecule has 0 spiro atoms. The van der Waals surface area contributed by atoms with Crippen molar-refractivity contribution in [3.05, 3.63) is 58.7 Å². The molecule has 0 saturated carbocycles. The predicted molar refractivity (Wildman–Crippen MR) is 117 cm³/mol. The van der Waals surface area contributed by atoms with E-state index in [1.54, 1.807) is 0 Å². The number of benzene rings is 1. The van der Waals surface area contributed by atoms with Crippen LogP contribution in [-0.4, -0.2) is 42.5 Å². The molecular formula is C22H21N5O3S. The van der Waals surface area contributed by atoms with E-state index in [1.165, 1.54) is 11.8 Å². The van der Waals surface area contributed by atoms with E-state index in [1.807, 2.05) is 62.4 Å². The molecule has 3 aromatic heterocycles. The molecule has 31 heavy (non-hydrogen) atoms. The number of hydrogen-bond acceptors (Lipinski definition) is 7. The second kappa shape index (κ2) is 7.42. The van der Waals surface area contributed by atoms with Crippen molar-refractivity contribution < 1.29 is 14.3 Å². The summed E-state index contributed by atoms with van der Waals surface area (Å²) < 4.78 is 14.8. The number of rotatable bonds is 5. The first-order valence-electron chi connectivity index (χ1n) is 9.86. The number of aromatic nitrogens is 5. The summed E-state index contributed by atoms with van der Waals surface area (Å²) in [6, 6.07) is 9.70. The van der Waals surface area contributed by atoms with Gasteiger partial charge in [0.15, 0.2) is 22.4 Å². The van der Waals surface area contributed by atoms with Crippen LogP contribution in [0.3, 0.4) is 0 Å². The first-order chi connectivity index (χ1) is 14.9. The Morgan fingerprint density at radius 2 is 1.84 bits per heavy atom. The largest absolute Gasteiger partial charge is 0.454 e. The number of nitrogens with zero attached hydrogens (tertiary/aromatic N) is 5. The van der Waals surface area contributed by atoms with Gasteiger partial charge in [0.2, 0.25) is 6.79 Å². The SMILES string of the molecule is Cc1cc(C)n2c(SCC(=O)c3cc(C)n(-c4ccc5c(c4)OCO5)c3C)nnc2n1. The van der Waals surface area contributed by atoms with E-state index < -0.39 is 0 Å². The molecule has 4 heterocycles. The van der Waals surface area contributed by atoms with Crippen molar-refractivity contribution in [1.82, 2.24) is 24.1 Å². The topological polar surface area (TPSA) is 83.5 Å².